The number of sulfonamides is 1. The first kappa shape index (κ1) is 14.2. The number of benzene rings is 2. The van der Waals surface area contributed by atoms with Crippen LogP contribution in [0.5, 0.6) is 5.75 Å². The summed E-state index contributed by atoms with van der Waals surface area (Å²) in [6.45, 7) is 0.413. The normalized spacial score (nSPS) is 14.1. The van der Waals surface area contributed by atoms with Crippen molar-refractivity contribution in [3.05, 3.63) is 53.1 Å². The first-order valence-electron chi connectivity index (χ1n) is 6.48. The minimum Gasteiger partial charge on any atom is -0.497 e. The second-order valence-electron chi connectivity index (χ2n) is 4.75. The zero-order chi connectivity index (χ0) is 15.0. The average Bonchev–Trinajstić information content (AvgIpc) is 2.91. The predicted molar refractivity (Wildman–Crippen MR) is 82.7 cm³/mol. The molecule has 1 aliphatic heterocycles. The second kappa shape index (κ2) is 5.24. The molecule has 110 valence electrons. The molecular formula is C15H14ClNO3S. The number of rotatable bonds is 3. The van der Waals surface area contributed by atoms with Crippen molar-refractivity contribution >= 4 is 27.3 Å². The summed E-state index contributed by atoms with van der Waals surface area (Å²) < 4.78 is 32.1. The summed E-state index contributed by atoms with van der Waals surface area (Å²) in [5.74, 6) is 0.728. The summed E-state index contributed by atoms with van der Waals surface area (Å²) in [7, 11) is -2.05. The van der Waals surface area contributed by atoms with Gasteiger partial charge in [-0.3, -0.25) is 4.31 Å². The molecule has 0 unspecified atom stereocenters. The fourth-order valence-electron chi connectivity index (χ4n) is 2.50. The molecule has 0 fully saturated rings. The minimum absolute atomic E-state index is 0.135. The molecule has 0 spiro atoms. The van der Waals surface area contributed by atoms with Crippen LogP contribution in [0.1, 0.15) is 5.56 Å². The highest BCUT2D eigenvalue weighted by Crippen LogP contribution is 2.36. The number of hydrogen-bond acceptors (Lipinski definition) is 3. The summed E-state index contributed by atoms with van der Waals surface area (Å²) in [5, 5.41) is 0.236. The number of hydrogen-bond donors (Lipinski definition) is 0. The van der Waals surface area contributed by atoms with Crippen LogP contribution in [-0.4, -0.2) is 22.1 Å². The van der Waals surface area contributed by atoms with E-state index in [1.807, 2.05) is 6.07 Å². The lowest BCUT2D eigenvalue weighted by Gasteiger charge is -2.20. The van der Waals surface area contributed by atoms with E-state index in [1.165, 1.54) is 10.4 Å². The fourth-order valence-corrected chi connectivity index (χ4v) is 4.50. The maximum atomic E-state index is 12.8. The highest BCUT2D eigenvalue weighted by molar-refractivity contribution is 7.93. The van der Waals surface area contributed by atoms with Crippen molar-refractivity contribution in [3.63, 3.8) is 0 Å². The van der Waals surface area contributed by atoms with E-state index in [-0.39, 0.29) is 9.92 Å². The van der Waals surface area contributed by atoms with Gasteiger partial charge in [0.25, 0.3) is 10.0 Å². The summed E-state index contributed by atoms with van der Waals surface area (Å²) in [6.07, 6.45) is 0.663. The molecule has 2 aromatic rings. The summed E-state index contributed by atoms with van der Waals surface area (Å²) >= 11 is 6.04. The van der Waals surface area contributed by atoms with Gasteiger partial charge in [0.1, 0.15) is 10.6 Å². The molecule has 0 aromatic heterocycles. The van der Waals surface area contributed by atoms with E-state index in [4.69, 9.17) is 16.3 Å². The highest BCUT2D eigenvalue weighted by atomic mass is 35.5. The lowest BCUT2D eigenvalue weighted by atomic mass is 10.1. The van der Waals surface area contributed by atoms with Crippen molar-refractivity contribution in [2.75, 3.05) is 18.0 Å². The van der Waals surface area contributed by atoms with E-state index < -0.39 is 10.0 Å². The van der Waals surface area contributed by atoms with Crippen molar-refractivity contribution in [2.24, 2.45) is 0 Å². The molecule has 0 amide bonds. The second-order valence-corrected chi connectivity index (χ2v) is 6.99. The summed E-state index contributed by atoms with van der Waals surface area (Å²) in [5.41, 5.74) is 1.65. The van der Waals surface area contributed by atoms with Crippen LogP contribution in [0.3, 0.4) is 0 Å². The number of methoxy groups -OCH3 is 1. The van der Waals surface area contributed by atoms with E-state index in [2.05, 4.69) is 0 Å². The Balaban J connectivity index is 2.06. The third-order valence-corrected chi connectivity index (χ3v) is 5.86. The maximum absolute atomic E-state index is 12.8. The molecule has 21 heavy (non-hydrogen) atoms. The van der Waals surface area contributed by atoms with Gasteiger partial charge in [-0.15, -0.1) is 0 Å². The van der Waals surface area contributed by atoms with Gasteiger partial charge in [0.05, 0.1) is 17.8 Å². The monoisotopic (exact) mass is 323 g/mol. The standard InChI is InChI=1S/C15H14ClNO3S/c1-20-12-6-7-14-11(10-12)8-9-17(14)21(18,19)15-5-3-2-4-13(15)16/h2-7,10H,8-9H2,1H3. The molecule has 0 saturated carbocycles. The van der Waals surface area contributed by atoms with Crippen LogP contribution in [-0.2, 0) is 16.4 Å². The molecule has 0 aliphatic carbocycles. The minimum atomic E-state index is -3.64. The van der Waals surface area contributed by atoms with E-state index >= 15 is 0 Å². The molecule has 3 rings (SSSR count). The Labute approximate surface area is 129 Å². The Morgan fingerprint density at radius 2 is 1.95 bits per heavy atom. The Morgan fingerprint density at radius 3 is 2.67 bits per heavy atom. The number of anilines is 1. The highest BCUT2D eigenvalue weighted by Gasteiger charge is 2.32. The number of fused-ring (bicyclic) bond motifs is 1. The topological polar surface area (TPSA) is 46.6 Å². The van der Waals surface area contributed by atoms with Gasteiger partial charge in [0.15, 0.2) is 0 Å². The van der Waals surface area contributed by atoms with E-state index in [0.29, 0.717) is 18.7 Å². The van der Waals surface area contributed by atoms with Gasteiger partial charge in [-0.2, -0.15) is 0 Å². The quantitative estimate of drug-likeness (QED) is 0.872. The van der Waals surface area contributed by atoms with Crippen LogP contribution in [0.25, 0.3) is 0 Å². The SMILES string of the molecule is COc1ccc2c(c1)CCN2S(=O)(=O)c1ccccc1Cl. The molecule has 1 heterocycles. The molecule has 0 atom stereocenters. The molecule has 0 bridgehead atoms. The average molecular weight is 324 g/mol. The van der Waals surface area contributed by atoms with Gasteiger partial charge in [0.2, 0.25) is 0 Å². The first-order valence-corrected chi connectivity index (χ1v) is 8.30. The molecule has 2 aromatic carbocycles. The number of ether oxygens (including phenoxy) is 1. The number of nitrogens with zero attached hydrogens (tertiary/aromatic N) is 1. The van der Waals surface area contributed by atoms with Gasteiger partial charge in [-0.05, 0) is 42.3 Å². The third kappa shape index (κ3) is 2.36. The van der Waals surface area contributed by atoms with Crippen molar-refractivity contribution < 1.29 is 13.2 Å². The Morgan fingerprint density at radius 1 is 1.19 bits per heavy atom. The Kier molecular flexibility index (Phi) is 3.55. The van der Waals surface area contributed by atoms with Crippen molar-refractivity contribution in [3.8, 4) is 5.75 Å². The zero-order valence-electron chi connectivity index (χ0n) is 11.4. The molecule has 4 nitrogen and oxygen atoms in total. The van der Waals surface area contributed by atoms with Crippen LogP contribution in [0, 0.1) is 0 Å². The molecule has 1 aliphatic rings. The van der Waals surface area contributed by atoms with E-state index in [0.717, 1.165) is 11.3 Å². The van der Waals surface area contributed by atoms with Gasteiger partial charge in [-0.25, -0.2) is 8.42 Å². The van der Waals surface area contributed by atoms with Crippen molar-refractivity contribution in [1.82, 2.24) is 0 Å². The molecule has 0 radical (unpaired) electrons. The van der Waals surface area contributed by atoms with Crippen molar-refractivity contribution in [1.29, 1.82) is 0 Å². The molecule has 0 saturated heterocycles. The van der Waals surface area contributed by atoms with Gasteiger partial charge in [0, 0.05) is 6.54 Å². The maximum Gasteiger partial charge on any atom is 0.265 e. The van der Waals surface area contributed by atoms with Crippen LogP contribution >= 0.6 is 11.6 Å². The first-order chi connectivity index (χ1) is 10.0. The summed E-state index contributed by atoms with van der Waals surface area (Å²) in [4.78, 5) is 0.135. The summed E-state index contributed by atoms with van der Waals surface area (Å²) in [6, 6.07) is 11.9. The molecular weight excluding hydrogens is 310 g/mol. The largest absolute Gasteiger partial charge is 0.497 e. The third-order valence-electron chi connectivity index (χ3n) is 3.54. The van der Waals surface area contributed by atoms with Gasteiger partial charge in [-0.1, -0.05) is 23.7 Å². The Hall–Kier alpha value is -1.72. The number of halogens is 1. The smallest absolute Gasteiger partial charge is 0.265 e. The van der Waals surface area contributed by atoms with Crippen LogP contribution in [0.4, 0.5) is 5.69 Å². The lowest BCUT2D eigenvalue weighted by molar-refractivity contribution is 0.414. The predicted octanol–water partition coefficient (Wildman–Crippen LogP) is 3.10. The lowest BCUT2D eigenvalue weighted by Crippen LogP contribution is -2.29. The Bertz CT molecular complexity index is 789. The van der Waals surface area contributed by atoms with E-state index in [1.54, 1.807) is 37.4 Å². The van der Waals surface area contributed by atoms with Crippen molar-refractivity contribution in [2.45, 2.75) is 11.3 Å². The van der Waals surface area contributed by atoms with Gasteiger partial charge < -0.3 is 4.74 Å². The van der Waals surface area contributed by atoms with Crippen LogP contribution in [0.2, 0.25) is 5.02 Å². The molecule has 0 N–H and O–H groups in total. The van der Waals surface area contributed by atoms with Gasteiger partial charge >= 0.3 is 0 Å². The van der Waals surface area contributed by atoms with E-state index in [9.17, 15) is 8.42 Å². The van der Waals surface area contributed by atoms with Crippen LogP contribution < -0.4 is 9.04 Å². The van der Waals surface area contributed by atoms with Crippen LogP contribution in [0.15, 0.2) is 47.4 Å². The molecule has 6 heteroatoms. The fraction of sp³-hybridized carbons (Fsp3) is 0.200. The zero-order valence-corrected chi connectivity index (χ0v) is 13.0.